The van der Waals surface area contributed by atoms with Crippen LogP contribution in [0, 0.1) is 17.5 Å². The maximum Gasteiger partial charge on any atom is 0.419 e. The highest BCUT2D eigenvalue weighted by atomic mass is 19.4. The van der Waals surface area contributed by atoms with Gasteiger partial charge in [0, 0.05) is 23.9 Å². The van der Waals surface area contributed by atoms with Crippen LogP contribution in [0.15, 0.2) is 36.4 Å². The van der Waals surface area contributed by atoms with E-state index in [2.05, 4.69) is 5.32 Å². The molecule has 0 unspecified atom stereocenters. The van der Waals surface area contributed by atoms with Crippen LogP contribution in [0.5, 0.6) is 0 Å². The summed E-state index contributed by atoms with van der Waals surface area (Å²) in [6.07, 6.45) is -4.82. The van der Waals surface area contributed by atoms with E-state index in [4.69, 9.17) is 0 Å². The van der Waals surface area contributed by atoms with Crippen LogP contribution in [-0.4, -0.2) is 0 Å². The standard InChI is InChI=1S/C14H9F6N/c15-9-2-1-8(13(17)5-9)7-21-10-3-4-12(16)11(6-10)14(18,19)20/h1-6,21H,7H2. The summed E-state index contributed by atoms with van der Waals surface area (Å²) < 4.78 is 76.8. The summed E-state index contributed by atoms with van der Waals surface area (Å²) >= 11 is 0. The fourth-order valence-electron chi connectivity index (χ4n) is 1.71. The molecule has 112 valence electrons. The van der Waals surface area contributed by atoms with E-state index >= 15 is 0 Å². The normalized spacial score (nSPS) is 11.5. The largest absolute Gasteiger partial charge is 0.419 e. The molecule has 2 rings (SSSR count). The first-order valence-electron chi connectivity index (χ1n) is 5.82. The predicted octanol–water partition coefficient (Wildman–Crippen LogP) is 4.73. The lowest BCUT2D eigenvalue weighted by Gasteiger charge is -2.12. The molecule has 2 aromatic rings. The summed E-state index contributed by atoms with van der Waals surface area (Å²) in [4.78, 5) is 0. The van der Waals surface area contributed by atoms with Crippen molar-refractivity contribution in [3.8, 4) is 0 Å². The zero-order chi connectivity index (χ0) is 15.6. The molecule has 21 heavy (non-hydrogen) atoms. The van der Waals surface area contributed by atoms with E-state index in [9.17, 15) is 26.3 Å². The second-order valence-corrected chi connectivity index (χ2v) is 4.28. The first-order valence-corrected chi connectivity index (χ1v) is 5.82. The van der Waals surface area contributed by atoms with Crippen molar-refractivity contribution in [2.45, 2.75) is 12.7 Å². The SMILES string of the molecule is Fc1ccc(CNc2ccc(F)c(C(F)(F)F)c2)c(F)c1. The molecule has 0 saturated carbocycles. The second-order valence-electron chi connectivity index (χ2n) is 4.28. The highest BCUT2D eigenvalue weighted by Gasteiger charge is 2.34. The van der Waals surface area contributed by atoms with E-state index in [1.165, 1.54) is 6.07 Å². The molecule has 7 heteroatoms. The lowest BCUT2D eigenvalue weighted by molar-refractivity contribution is -0.139. The third-order valence-corrected chi connectivity index (χ3v) is 2.77. The summed E-state index contributed by atoms with van der Waals surface area (Å²) in [6, 6.07) is 5.25. The second kappa shape index (κ2) is 5.67. The van der Waals surface area contributed by atoms with Gasteiger partial charge in [0.25, 0.3) is 0 Å². The Kier molecular flexibility index (Phi) is 4.11. The lowest BCUT2D eigenvalue weighted by atomic mass is 10.1. The maximum atomic E-state index is 13.4. The van der Waals surface area contributed by atoms with Crippen LogP contribution in [0.4, 0.5) is 32.0 Å². The Morgan fingerprint density at radius 1 is 0.857 bits per heavy atom. The third kappa shape index (κ3) is 3.68. The third-order valence-electron chi connectivity index (χ3n) is 2.77. The molecular weight excluding hydrogens is 296 g/mol. The Bertz CT molecular complexity index is 650. The van der Waals surface area contributed by atoms with Gasteiger partial charge in [0.15, 0.2) is 0 Å². The minimum atomic E-state index is -4.82. The first kappa shape index (κ1) is 15.2. The smallest absolute Gasteiger partial charge is 0.381 e. The summed E-state index contributed by atoms with van der Waals surface area (Å²) in [7, 11) is 0. The van der Waals surface area contributed by atoms with Crippen molar-refractivity contribution >= 4 is 5.69 Å². The molecule has 0 bridgehead atoms. The minimum absolute atomic E-state index is 0.0209. The molecule has 0 aliphatic rings. The number of benzene rings is 2. The molecule has 0 saturated heterocycles. The molecule has 1 N–H and O–H groups in total. The van der Waals surface area contributed by atoms with Crippen LogP contribution in [0.3, 0.4) is 0 Å². The fraction of sp³-hybridized carbons (Fsp3) is 0.143. The molecule has 0 spiro atoms. The van der Waals surface area contributed by atoms with E-state index in [1.54, 1.807) is 0 Å². The number of nitrogens with one attached hydrogen (secondary N) is 1. The number of hydrogen-bond acceptors (Lipinski definition) is 1. The van der Waals surface area contributed by atoms with Crippen molar-refractivity contribution in [1.82, 2.24) is 0 Å². The first-order chi connectivity index (χ1) is 9.77. The molecule has 0 aliphatic heterocycles. The average Bonchev–Trinajstić information content (AvgIpc) is 2.38. The van der Waals surface area contributed by atoms with Gasteiger partial charge in [0.05, 0.1) is 5.56 Å². The number of hydrogen-bond donors (Lipinski definition) is 1. The van der Waals surface area contributed by atoms with Crippen LogP contribution in [-0.2, 0) is 12.7 Å². The fourth-order valence-corrected chi connectivity index (χ4v) is 1.71. The zero-order valence-electron chi connectivity index (χ0n) is 10.4. The van der Waals surface area contributed by atoms with E-state index in [-0.39, 0.29) is 17.8 Å². The Labute approximate surface area is 116 Å². The van der Waals surface area contributed by atoms with E-state index in [0.717, 1.165) is 12.1 Å². The monoisotopic (exact) mass is 305 g/mol. The molecule has 0 aromatic heterocycles. The quantitative estimate of drug-likeness (QED) is 0.808. The van der Waals surface area contributed by atoms with Crippen molar-refractivity contribution in [2.75, 3.05) is 5.32 Å². The Balaban J connectivity index is 2.17. The van der Waals surface area contributed by atoms with Gasteiger partial charge in [-0.2, -0.15) is 13.2 Å². The maximum absolute atomic E-state index is 13.4. The summed E-state index contributed by atoms with van der Waals surface area (Å²) in [5.74, 6) is -2.96. The Morgan fingerprint density at radius 3 is 2.19 bits per heavy atom. The molecule has 0 atom stereocenters. The van der Waals surface area contributed by atoms with Gasteiger partial charge in [0.2, 0.25) is 0 Å². The van der Waals surface area contributed by atoms with Crippen LogP contribution in [0.1, 0.15) is 11.1 Å². The predicted molar refractivity (Wildman–Crippen MR) is 65.1 cm³/mol. The van der Waals surface area contributed by atoms with Gasteiger partial charge in [-0.1, -0.05) is 6.07 Å². The molecule has 0 fully saturated rings. The zero-order valence-corrected chi connectivity index (χ0v) is 10.4. The topological polar surface area (TPSA) is 12.0 Å². The highest BCUT2D eigenvalue weighted by Crippen LogP contribution is 2.33. The molecular formula is C14H9F6N. The number of anilines is 1. The van der Waals surface area contributed by atoms with Gasteiger partial charge in [0.1, 0.15) is 17.5 Å². The summed E-state index contributed by atoms with van der Waals surface area (Å²) in [5.41, 5.74) is -1.35. The molecule has 2 aromatic carbocycles. The van der Waals surface area contributed by atoms with Crippen molar-refractivity contribution in [3.05, 3.63) is 65.0 Å². The number of alkyl halides is 3. The Morgan fingerprint density at radius 2 is 1.57 bits per heavy atom. The average molecular weight is 305 g/mol. The van der Waals surface area contributed by atoms with E-state index < -0.39 is 29.2 Å². The van der Waals surface area contributed by atoms with Crippen molar-refractivity contribution in [2.24, 2.45) is 0 Å². The van der Waals surface area contributed by atoms with Gasteiger partial charge in [-0.25, -0.2) is 13.2 Å². The summed E-state index contributed by atoms with van der Waals surface area (Å²) in [6.45, 7) is -0.158. The van der Waals surface area contributed by atoms with Gasteiger partial charge in [-0.05, 0) is 24.3 Å². The molecule has 0 radical (unpaired) electrons. The number of rotatable bonds is 3. The minimum Gasteiger partial charge on any atom is -0.381 e. The number of halogens is 6. The van der Waals surface area contributed by atoms with E-state index in [1.807, 2.05) is 0 Å². The molecule has 0 heterocycles. The van der Waals surface area contributed by atoms with Crippen molar-refractivity contribution < 1.29 is 26.3 Å². The van der Waals surface area contributed by atoms with Crippen molar-refractivity contribution in [3.63, 3.8) is 0 Å². The highest BCUT2D eigenvalue weighted by molar-refractivity contribution is 5.47. The van der Waals surface area contributed by atoms with Gasteiger partial charge < -0.3 is 5.32 Å². The van der Waals surface area contributed by atoms with Crippen LogP contribution < -0.4 is 5.32 Å². The van der Waals surface area contributed by atoms with Gasteiger partial charge in [-0.15, -0.1) is 0 Å². The lowest BCUT2D eigenvalue weighted by Crippen LogP contribution is -2.09. The summed E-state index contributed by atoms with van der Waals surface area (Å²) in [5, 5.41) is 2.53. The van der Waals surface area contributed by atoms with E-state index in [0.29, 0.717) is 18.2 Å². The van der Waals surface area contributed by atoms with Gasteiger partial charge in [-0.3, -0.25) is 0 Å². The van der Waals surface area contributed by atoms with Crippen LogP contribution >= 0.6 is 0 Å². The molecule has 0 amide bonds. The molecule has 0 aliphatic carbocycles. The van der Waals surface area contributed by atoms with Crippen molar-refractivity contribution in [1.29, 1.82) is 0 Å². The van der Waals surface area contributed by atoms with Crippen LogP contribution in [0.25, 0.3) is 0 Å². The van der Waals surface area contributed by atoms with Gasteiger partial charge >= 0.3 is 6.18 Å². The molecule has 1 nitrogen and oxygen atoms in total. The van der Waals surface area contributed by atoms with Crippen LogP contribution in [0.2, 0.25) is 0 Å². The Hall–Kier alpha value is -2.18.